The third kappa shape index (κ3) is 2.70. The number of rotatable bonds is 0. The smallest absolute Gasteiger partial charge is 0.0717 e. The van der Waals surface area contributed by atoms with E-state index in [0.29, 0.717) is 0 Å². The molecule has 0 amide bonds. The molecule has 0 aromatic rings. The highest BCUT2D eigenvalue weighted by molar-refractivity contribution is 8.49. The van der Waals surface area contributed by atoms with E-state index in [1.165, 1.54) is 22.5 Å². The average molecular weight is 351 g/mol. The second-order valence-corrected chi connectivity index (χ2v) is 12.6. The topological polar surface area (TPSA) is 0 Å². The lowest BCUT2D eigenvalue weighted by molar-refractivity contribution is 0.941. The molecule has 1 saturated heterocycles. The molecule has 2 atom stereocenters. The van der Waals surface area contributed by atoms with E-state index >= 15 is 0 Å². The van der Waals surface area contributed by atoms with E-state index in [1.54, 1.807) is 4.24 Å². The Morgan fingerprint density at radius 3 is 1.61 bits per heavy atom. The van der Waals surface area contributed by atoms with Gasteiger partial charge in [0.1, 0.15) is 0 Å². The highest BCUT2D eigenvalue weighted by atomic mass is 32.3. The van der Waals surface area contributed by atoms with Gasteiger partial charge in [-0.2, -0.15) is 0 Å². The Kier molecular flexibility index (Phi) is 4.44. The van der Waals surface area contributed by atoms with Crippen LogP contribution in [0.25, 0.3) is 0 Å². The molecule has 3 rings (SSSR count). The van der Waals surface area contributed by atoms with E-state index in [2.05, 4.69) is 51.2 Å². The van der Waals surface area contributed by atoms with Crippen molar-refractivity contribution in [3.05, 3.63) is 26.8 Å². The first-order valence-corrected chi connectivity index (χ1v) is 10.8. The van der Waals surface area contributed by atoms with Gasteiger partial charge in [0.25, 0.3) is 0 Å². The van der Waals surface area contributed by atoms with Gasteiger partial charge in [0.2, 0.25) is 0 Å². The summed E-state index contributed by atoms with van der Waals surface area (Å²) in [6.45, 7) is 9.09. The largest absolute Gasteiger partial charge is 0.113 e. The van der Waals surface area contributed by atoms with Gasteiger partial charge in [0, 0.05) is 14.7 Å². The molecule has 0 radical (unpaired) electrons. The number of thioether (sulfide) groups is 6. The summed E-state index contributed by atoms with van der Waals surface area (Å²) < 4.78 is 7.59. The summed E-state index contributed by atoms with van der Waals surface area (Å²) in [7, 11) is 0. The summed E-state index contributed by atoms with van der Waals surface area (Å²) >= 11 is 12.0. The summed E-state index contributed by atoms with van der Waals surface area (Å²) in [5.41, 5.74) is 1.45. The van der Waals surface area contributed by atoms with E-state index in [0.717, 1.165) is 10.5 Å². The van der Waals surface area contributed by atoms with Crippen molar-refractivity contribution in [1.29, 1.82) is 0 Å². The monoisotopic (exact) mass is 350 g/mol. The van der Waals surface area contributed by atoms with Gasteiger partial charge in [-0.3, -0.25) is 0 Å². The molecule has 0 unspecified atom stereocenters. The minimum Gasteiger partial charge on any atom is -0.113 e. The summed E-state index contributed by atoms with van der Waals surface area (Å²) in [5, 5.41) is 1.51. The van der Waals surface area contributed by atoms with Crippen LogP contribution in [0.1, 0.15) is 27.7 Å². The molecule has 98 valence electrons. The normalized spacial score (nSPS) is 31.7. The summed E-state index contributed by atoms with van der Waals surface area (Å²) in [6, 6.07) is 0. The maximum atomic E-state index is 2.34. The van der Waals surface area contributed by atoms with E-state index < -0.39 is 0 Å². The standard InChI is InChI=1S/C12H14S6/c1-5(2)8-15-11-12(16-8)18-10(17-11)9-13-6(3)7(4)14-9/h6-7H,1-4H3/t6-,7-/m0/s1. The fraction of sp³-hybridized carbons (Fsp3) is 0.500. The minimum absolute atomic E-state index is 0.753. The molecule has 0 N–H and O–H groups in total. The molecular formula is C12H14S6. The van der Waals surface area contributed by atoms with Crippen LogP contribution in [0.15, 0.2) is 26.8 Å². The third-order valence-corrected chi connectivity index (χ3v) is 12.4. The fourth-order valence-electron chi connectivity index (χ4n) is 1.53. The van der Waals surface area contributed by atoms with Crippen LogP contribution in [-0.2, 0) is 0 Å². The molecule has 1 fully saturated rings. The van der Waals surface area contributed by atoms with Gasteiger partial charge in [-0.05, 0) is 13.8 Å². The van der Waals surface area contributed by atoms with Crippen LogP contribution >= 0.6 is 70.6 Å². The second-order valence-electron chi connectivity index (χ2n) is 4.49. The SMILES string of the molecule is CC(C)=C1SC2=C(S1)SC(=C1S[C@@H](C)[C@H](C)S1)S2. The Morgan fingerprint density at radius 2 is 1.17 bits per heavy atom. The Balaban J connectivity index is 1.74. The highest BCUT2D eigenvalue weighted by Gasteiger charge is 2.35. The van der Waals surface area contributed by atoms with Gasteiger partial charge >= 0.3 is 0 Å². The van der Waals surface area contributed by atoms with Crippen molar-refractivity contribution in [2.75, 3.05) is 0 Å². The van der Waals surface area contributed by atoms with Crippen molar-refractivity contribution in [2.45, 2.75) is 38.2 Å². The average Bonchev–Trinajstić information content (AvgIpc) is 2.91. The third-order valence-electron chi connectivity index (χ3n) is 2.73. The molecule has 0 bridgehead atoms. The van der Waals surface area contributed by atoms with E-state index in [4.69, 9.17) is 0 Å². The van der Waals surface area contributed by atoms with Gasteiger partial charge in [-0.25, -0.2) is 0 Å². The van der Waals surface area contributed by atoms with Crippen molar-refractivity contribution in [1.82, 2.24) is 0 Å². The van der Waals surface area contributed by atoms with Crippen LogP contribution in [-0.4, -0.2) is 10.5 Å². The maximum absolute atomic E-state index is 2.34. The van der Waals surface area contributed by atoms with Gasteiger partial charge in [-0.15, -0.1) is 23.5 Å². The highest BCUT2D eigenvalue weighted by Crippen LogP contribution is 2.69. The first-order chi connectivity index (χ1) is 8.54. The summed E-state index contributed by atoms with van der Waals surface area (Å²) in [4.78, 5) is 0. The molecule has 0 aliphatic carbocycles. The van der Waals surface area contributed by atoms with E-state index in [9.17, 15) is 0 Å². The zero-order chi connectivity index (χ0) is 12.9. The zero-order valence-corrected chi connectivity index (χ0v) is 15.5. The van der Waals surface area contributed by atoms with Crippen LogP contribution in [0, 0.1) is 0 Å². The van der Waals surface area contributed by atoms with Crippen molar-refractivity contribution in [3.63, 3.8) is 0 Å². The van der Waals surface area contributed by atoms with Crippen LogP contribution in [0.4, 0.5) is 0 Å². The Hall–Kier alpha value is 1.32. The van der Waals surface area contributed by atoms with Crippen LogP contribution in [0.3, 0.4) is 0 Å². The van der Waals surface area contributed by atoms with Gasteiger partial charge in [-0.1, -0.05) is 66.5 Å². The van der Waals surface area contributed by atoms with Crippen molar-refractivity contribution in [2.24, 2.45) is 0 Å². The molecule has 0 saturated carbocycles. The predicted octanol–water partition coefficient (Wildman–Crippen LogP) is 6.71. The van der Waals surface area contributed by atoms with Crippen LogP contribution < -0.4 is 0 Å². The lowest BCUT2D eigenvalue weighted by atomic mass is 10.4. The molecule has 6 heteroatoms. The molecule has 18 heavy (non-hydrogen) atoms. The van der Waals surface area contributed by atoms with Crippen LogP contribution in [0.2, 0.25) is 0 Å². The molecule has 0 nitrogen and oxygen atoms in total. The van der Waals surface area contributed by atoms with Crippen molar-refractivity contribution >= 4 is 70.6 Å². The van der Waals surface area contributed by atoms with Gasteiger partial charge in [0.05, 0.1) is 16.9 Å². The quantitative estimate of drug-likeness (QED) is 0.473. The van der Waals surface area contributed by atoms with Crippen molar-refractivity contribution in [3.8, 4) is 0 Å². The number of hydrogen-bond acceptors (Lipinski definition) is 6. The Labute approximate surface area is 134 Å². The first kappa shape index (κ1) is 14.3. The Bertz CT molecular complexity index is 449. The molecule has 0 aromatic carbocycles. The van der Waals surface area contributed by atoms with Gasteiger partial charge < -0.3 is 0 Å². The molecule has 3 aliphatic heterocycles. The molecule has 3 heterocycles. The molecule has 0 spiro atoms. The fourth-order valence-corrected chi connectivity index (χ4v) is 11.2. The van der Waals surface area contributed by atoms with E-state index in [-0.39, 0.29) is 0 Å². The summed E-state index contributed by atoms with van der Waals surface area (Å²) in [5.74, 6) is 0. The Morgan fingerprint density at radius 1 is 0.722 bits per heavy atom. The summed E-state index contributed by atoms with van der Waals surface area (Å²) in [6.07, 6.45) is 0. The number of hydrogen-bond donors (Lipinski definition) is 0. The molecule has 3 aliphatic rings. The lowest BCUT2D eigenvalue weighted by Gasteiger charge is -2.06. The second kappa shape index (κ2) is 5.60. The van der Waals surface area contributed by atoms with Crippen LogP contribution in [0.5, 0.6) is 0 Å². The minimum atomic E-state index is 0.753. The van der Waals surface area contributed by atoms with Crippen molar-refractivity contribution < 1.29 is 0 Å². The predicted molar refractivity (Wildman–Crippen MR) is 96.9 cm³/mol. The maximum Gasteiger partial charge on any atom is 0.0717 e. The first-order valence-electron chi connectivity index (χ1n) is 5.75. The number of allylic oxidation sites excluding steroid dienone is 1. The zero-order valence-electron chi connectivity index (χ0n) is 10.6. The van der Waals surface area contributed by atoms with Gasteiger partial charge in [0.15, 0.2) is 0 Å². The molecular weight excluding hydrogens is 337 g/mol. The molecule has 0 aromatic heterocycles. The lowest BCUT2D eigenvalue weighted by Crippen LogP contribution is -2.04. The van der Waals surface area contributed by atoms with E-state index in [1.807, 2.05) is 47.0 Å².